The summed E-state index contributed by atoms with van der Waals surface area (Å²) in [5, 5.41) is 10.4. The second-order valence-corrected chi connectivity index (χ2v) is 8.61. The summed E-state index contributed by atoms with van der Waals surface area (Å²) in [7, 11) is 0. The molecule has 0 amide bonds. The van der Waals surface area contributed by atoms with E-state index in [9.17, 15) is 9.90 Å². The highest BCUT2D eigenvalue weighted by Crippen LogP contribution is 2.65. The average Bonchev–Trinajstić information content (AvgIpc) is 2.76. The van der Waals surface area contributed by atoms with Crippen LogP contribution in [0.3, 0.4) is 0 Å². The Kier molecular flexibility index (Phi) is 2.96. The van der Waals surface area contributed by atoms with Crippen LogP contribution >= 0.6 is 0 Å². The fourth-order valence-electron chi connectivity index (χ4n) is 6.53. The number of allylic oxidation sites excluding steroid dienone is 1. The molecule has 0 bridgehead atoms. The molecule has 0 aliphatic heterocycles. The first-order valence-corrected chi connectivity index (χ1v) is 8.87. The average molecular weight is 289 g/mol. The number of hydrogen-bond donors (Lipinski definition) is 1. The van der Waals surface area contributed by atoms with Gasteiger partial charge in [-0.1, -0.05) is 19.4 Å². The summed E-state index contributed by atoms with van der Waals surface area (Å²) in [6, 6.07) is 0. The lowest BCUT2D eigenvalue weighted by Crippen LogP contribution is -2.51. The van der Waals surface area contributed by atoms with Crippen LogP contribution < -0.4 is 0 Å². The van der Waals surface area contributed by atoms with Crippen molar-refractivity contribution in [2.24, 2.45) is 28.6 Å². The predicted octanol–water partition coefficient (Wildman–Crippen LogP) is 3.88. The first kappa shape index (κ1) is 14.0. The number of fused-ring (bicyclic) bond motifs is 5. The van der Waals surface area contributed by atoms with E-state index in [0.29, 0.717) is 11.7 Å². The zero-order valence-electron chi connectivity index (χ0n) is 13.4. The van der Waals surface area contributed by atoms with Crippen molar-refractivity contribution in [1.29, 1.82) is 0 Å². The van der Waals surface area contributed by atoms with Crippen LogP contribution in [0.2, 0.25) is 0 Å². The molecule has 3 fully saturated rings. The Balaban J connectivity index is 1.69. The van der Waals surface area contributed by atoms with Crippen molar-refractivity contribution in [2.75, 3.05) is 0 Å². The van der Waals surface area contributed by atoms with E-state index >= 15 is 0 Å². The van der Waals surface area contributed by atoms with Crippen LogP contribution in [0.1, 0.15) is 65.2 Å². The van der Waals surface area contributed by atoms with E-state index in [1.54, 1.807) is 0 Å². The number of aliphatic hydroxyl groups excluding tert-OH is 1. The SMILES string of the molecule is C[C@@]12CC[C@@H]3[C@H](CCC4=C[13C](=O)CC[C@]43C)[C@H]1CC[C@H]2O. The van der Waals surface area contributed by atoms with E-state index in [1.165, 1.54) is 31.3 Å². The molecule has 4 rings (SSSR count). The maximum atomic E-state index is 11.8. The van der Waals surface area contributed by atoms with Gasteiger partial charge in [0.25, 0.3) is 0 Å². The van der Waals surface area contributed by atoms with E-state index < -0.39 is 0 Å². The minimum atomic E-state index is -0.0823. The normalized spacial score (nSPS) is 52.7. The van der Waals surface area contributed by atoms with E-state index in [1.807, 2.05) is 6.08 Å². The third-order valence-electron chi connectivity index (χ3n) is 7.91. The second kappa shape index (κ2) is 4.44. The van der Waals surface area contributed by atoms with Crippen molar-refractivity contribution < 1.29 is 9.90 Å². The zero-order valence-corrected chi connectivity index (χ0v) is 13.4. The summed E-state index contributed by atoms with van der Waals surface area (Å²) in [4.78, 5) is 11.8. The van der Waals surface area contributed by atoms with Crippen molar-refractivity contribution in [3.63, 3.8) is 0 Å². The summed E-state index contributed by atoms with van der Waals surface area (Å²) in [6.45, 7) is 4.76. The minimum Gasteiger partial charge on any atom is -0.393 e. The highest BCUT2D eigenvalue weighted by atomic mass is 16.3. The highest BCUT2D eigenvalue weighted by molar-refractivity contribution is 5.91. The highest BCUT2D eigenvalue weighted by Gasteiger charge is 2.58. The number of carbonyl (C=O) groups excluding carboxylic acids is 1. The number of ketones is 1. The largest absolute Gasteiger partial charge is 0.393 e. The Morgan fingerprint density at radius 3 is 2.67 bits per heavy atom. The van der Waals surface area contributed by atoms with Gasteiger partial charge in [-0.2, -0.15) is 0 Å². The number of carbonyl (C=O) groups is 1. The van der Waals surface area contributed by atoms with Crippen molar-refractivity contribution in [3.8, 4) is 0 Å². The van der Waals surface area contributed by atoms with Crippen molar-refractivity contribution in [3.05, 3.63) is 11.6 Å². The molecule has 0 aromatic heterocycles. The van der Waals surface area contributed by atoms with Crippen LogP contribution in [0, 0.1) is 28.6 Å². The quantitative estimate of drug-likeness (QED) is 0.687. The number of aliphatic hydroxyl groups is 1. The summed E-state index contributed by atoms with van der Waals surface area (Å²) in [5.74, 6) is 2.57. The van der Waals surface area contributed by atoms with Gasteiger partial charge in [0.1, 0.15) is 0 Å². The molecule has 21 heavy (non-hydrogen) atoms. The molecule has 4 aliphatic carbocycles. The Morgan fingerprint density at radius 1 is 1.05 bits per heavy atom. The van der Waals surface area contributed by atoms with Gasteiger partial charge in [0.05, 0.1) is 6.10 Å². The molecule has 1 N–H and O–H groups in total. The maximum Gasteiger partial charge on any atom is 0.155 e. The monoisotopic (exact) mass is 289 g/mol. The van der Waals surface area contributed by atoms with E-state index in [2.05, 4.69) is 13.8 Å². The topological polar surface area (TPSA) is 37.3 Å². The van der Waals surface area contributed by atoms with Crippen LogP contribution in [0.15, 0.2) is 11.6 Å². The lowest BCUT2D eigenvalue weighted by Gasteiger charge is -2.57. The molecule has 3 saturated carbocycles. The first-order valence-electron chi connectivity index (χ1n) is 8.87. The maximum absolute atomic E-state index is 11.8. The van der Waals surface area contributed by atoms with Gasteiger partial charge in [-0.25, -0.2) is 0 Å². The molecule has 0 spiro atoms. The molecule has 116 valence electrons. The fraction of sp³-hybridized carbons (Fsp3) is 0.842. The third kappa shape index (κ3) is 1.78. The van der Waals surface area contributed by atoms with E-state index in [0.717, 1.165) is 37.5 Å². The molecule has 6 atom stereocenters. The Hall–Kier alpha value is -0.630. The van der Waals surface area contributed by atoms with Crippen LogP contribution in [0.4, 0.5) is 0 Å². The lowest BCUT2D eigenvalue weighted by molar-refractivity contribution is -0.118. The third-order valence-corrected chi connectivity index (χ3v) is 7.91. The molecule has 4 aliphatic rings. The number of rotatable bonds is 0. The first-order chi connectivity index (χ1) is 9.95. The van der Waals surface area contributed by atoms with E-state index in [-0.39, 0.29) is 16.9 Å². The zero-order chi connectivity index (χ0) is 14.8. The van der Waals surface area contributed by atoms with Gasteiger partial charge >= 0.3 is 0 Å². The van der Waals surface area contributed by atoms with Gasteiger partial charge in [-0.05, 0) is 79.6 Å². The summed E-state index contributed by atoms with van der Waals surface area (Å²) < 4.78 is 0. The van der Waals surface area contributed by atoms with Crippen LogP contribution in [0.5, 0.6) is 0 Å². The Morgan fingerprint density at radius 2 is 1.86 bits per heavy atom. The Labute approximate surface area is 128 Å². The van der Waals surface area contributed by atoms with Crippen molar-refractivity contribution in [2.45, 2.75) is 71.3 Å². The molecular formula is C19H28O2. The number of hydrogen-bond acceptors (Lipinski definition) is 2. The molecule has 0 saturated heterocycles. The molecule has 0 heterocycles. The summed E-state index contributed by atoms with van der Waals surface area (Å²) >= 11 is 0. The fourth-order valence-corrected chi connectivity index (χ4v) is 6.53. The van der Waals surface area contributed by atoms with Crippen LogP contribution in [-0.2, 0) is 4.79 Å². The van der Waals surface area contributed by atoms with Crippen LogP contribution in [-0.4, -0.2) is 17.0 Å². The standard InChI is InChI=1S/C19H28O2/c1-18-9-7-13(20)11-12(18)3-4-14-15-5-6-17(21)19(15,2)10-8-16(14)18/h11,14-17,21H,3-10H2,1-2H3/t14-,15-,16-,17-,18-,19-/m1/s1/i13+1. The molecule has 0 aromatic rings. The summed E-state index contributed by atoms with van der Waals surface area (Å²) in [5.41, 5.74) is 1.89. The van der Waals surface area contributed by atoms with Crippen molar-refractivity contribution >= 4 is 5.78 Å². The van der Waals surface area contributed by atoms with Gasteiger partial charge in [-0.15, -0.1) is 0 Å². The van der Waals surface area contributed by atoms with Gasteiger partial charge in [0, 0.05) is 6.42 Å². The molecule has 0 aromatic carbocycles. The molecule has 2 nitrogen and oxygen atoms in total. The molecular weight excluding hydrogens is 261 g/mol. The van der Waals surface area contributed by atoms with Gasteiger partial charge < -0.3 is 5.11 Å². The van der Waals surface area contributed by atoms with Gasteiger partial charge in [-0.3, -0.25) is 4.79 Å². The Bertz CT molecular complexity index is 508. The molecule has 2 heteroatoms. The van der Waals surface area contributed by atoms with Gasteiger partial charge in [0.2, 0.25) is 0 Å². The second-order valence-electron chi connectivity index (χ2n) is 8.61. The van der Waals surface area contributed by atoms with E-state index in [4.69, 9.17) is 0 Å². The van der Waals surface area contributed by atoms with Gasteiger partial charge in [0.15, 0.2) is 5.78 Å². The molecule has 0 radical (unpaired) electrons. The smallest absolute Gasteiger partial charge is 0.155 e. The summed E-state index contributed by atoms with van der Waals surface area (Å²) in [6.07, 6.45) is 10.7. The van der Waals surface area contributed by atoms with Crippen LogP contribution in [0.25, 0.3) is 0 Å². The van der Waals surface area contributed by atoms with Crippen molar-refractivity contribution in [1.82, 2.24) is 0 Å². The predicted molar refractivity (Wildman–Crippen MR) is 82.7 cm³/mol. The minimum absolute atomic E-state index is 0.0823. The lowest BCUT2D eigenvalue weighted by atomic mass is 9.48. The molecule has 0 unspecified atom stereocenters.